The van der Waals surface area contributed by atoms with Crippen LogP contribution >= 0.6 is 0 Å². The molecule has 1 aromatic heterocycles. The van der Waals surface area contributed by atoms with Crippen molar-refractivity contribution >= 4 is 104 Å². The van der Waals surface area contributed by atoms with Gasteiger partial charge in [0.2, 0.25) is 17.8 Å². The van der Waals surface area contributed by atoms with Gasteiger partial charge < -0.3 is 25.7 Å². The zero-order valence-electron chi connectivity index (χ0n) is 40.6. The lowest BCUT2D eigenvalue weighted by Crippen LogP contribution is -2.36. The van der Waals surface area contributed by atoms with Crippen molar-refractivity contribution in [2.75, 3.05) is 28.6 Å². The fraction of sp³-hybridized carbons (Fsp3) is 0.178. The van der Waals surface area contributed by atoms with Crippen molar-refractivity contribution in [1.82, 2.24) is 15.0 Å². The van der Waals surface area contributed by atoms with Gasteiger partial charge in [-0.15, -0.1) is 10.2 Å². The maximum Gasteiger partial charge on any atom is 0.323 e. The summed E-state index contributed by atoms with van der Waals surface area (Å²) in [6.07, 6.45) is 6.71. The SMILES string of the molecule is CC1CC(Nc2nc(NC3=CC=C(N=Nc4ccc(/N=N\c5ccc(S(=O)(=O)O)cc5)cc4S(=O)(=O)O)C(C)C3)nc(N(CC(=O)O)CC(=O)O)n2)=CC=C1N=Nc1ccc(N=Nc2ccc(S(=O)(=O)O)cc2)cc1S(=O)(=O)O. The lowest BCUT2D eigenvalue weighted by molar-refractivity contribution is -0.136. The fourth-order valence-corrected chi connectivity index (χ4v) is 9.36. The molecule has 2 aliphatic carbocycles. The predicted octanol–water partition coefficient (Wildman–Crippen LogP) is 8.67. The summed E-state index contributed by atoms with van der Waals surface area (Å²) in [5.74, 6) is -4.19. The average molecular weight is 1160 g/mol. The molecular formula is C45H42N14O16S4. The number of aliphatic carboxylic acids is 2. The quantitative estimate of drug-likeness (QED) is 0.0251. The van der Waals surface area contributed by atoms with Crippen LogP contribution in [0.2, 0.25) is 0 Å². The third-order valence-electron chi connectivity index (χ3n) is 10.9. The molecule has 412 valence electrons. The van der Waals surface area contributed by atoms with Crippen molar-refractivity contribution < 1.29 is 71.7 Å². The van der Waals surface area contributed by atoms with Crippen molar-refractivity contribution in [3.63, 3.8) is 0 Å². The van der Waals surface area contributed by atoms with Gasteiger partial charge in [0, 0.05) is 23.2 Å². The summed E-state index contributed by atoms with van der Waals surface area (Å²) < 4.78 is 133. The summed E-state index contributed by atoms with van der Waals surface area (Å²) >= 11 is 0. The fourth-order valence-electron chi connectivity index (χ4n) is 7.12. The van der Waals surface area contributed by atoms with Crippen LogP contribution in [0.4, 0.5) is 52.0 Å². The molecule has 2 atom stereocenters. The average Bonchev–Trinajstić information content (AvgIpc) is 3.38. The van der Waals surface area contributed by atoms with Gasteiger partial charge in [-0.1, -0.05) is 13.8 Å². The number of anilines is 3. The van der Waals surface area contributed by atoms with Gasteiger partial charge in [0.05, 0.1) is 43.9 Å². The van der Waals surface area contributed by atoms with Crippen LogP contribution in [0.1, 0.15) is 26.7 Å². The molecule has 0 radical (unpaired) electrons. The highest BCUT2D eigenvalue weighted by molar-refractivity contribution is 7.86. The minimum Gasteiger partial charge on any atom is -0.480 e. The van der Waals surface area contributed by atoms with Crippen LogP contribution in [-0.2, 0) is 50.1 Å². The third kappa shape index (κ3) is 16.1. The molecule has 0 saturated heterocycles. The molecule has 79 heavy (non-hydrogen) atoms. The van der Waals surface area contributed by atoms with Crippen LogP contribution < -0.4 is 15.5 Å². The largest absolute Gasteiger partial charge is 0.480 e. The number of azo groups is 4. The van der Waals surface area contributed by atoms with E-state index in [1.807, 2.05) is 0 Å². The molecule has 30 nitrogen and oxygen atoms in total. The molecule has 0 fully saturated rings. The Balaban J connectivity index is 1.10. The summed E-state index contributed by atoms with van der Waals surface area (Å²) in [5.41, 5.74) is 1.46. The van der Waals surface area contributed by atoms with Crippen LogP contribution in [-0.4, -0.2) is 102 Å². The van der Waals surface area contributed by atoms with Crippen molar-refractivity contribution in [1.29, 1.82) is 0 Å². The molecule has 0 spiro atoms. The highest BCUT2D eigenvalue weighted by Crippen LogP contribution is 2.35. The lowest BCUT2D eigenvalue weighted by atomic mass is 9.97. The normalized spacial score (nSPS) is 16.4. The van der Waals surface area contributed by atoms with Crippen molar-refractivity contribution in [2.24, 2.45) is 52.7 Å². The molecule has 0 aliphatic heterocycles. The summed E-state index contributed by atoms with van der Waals surface area (Å²) in [6, 6.07) is 16.4. The molecule has 0 amide bonds. The minimum absolute atomic E-state index is 0.0297. The second-order valence-corrected chi connectivity index (χ2v) is 22.6. The number of hydrogen-bond donors (Lipinski definition) is 8. The monoisotopic (exact) mass is 1160 g/mol. The van der Waals surface area contributed by atoms with Gasteiger partial charge in [0.25, 0.3) is 40.5 Å². The van der Waals surface area contributed by atoms with Gasteiger partial charge in [-0.05, 0) is 122 Å². The predicted molar refractivity (Wildman–Crippen MR) is 277 cm³/mol. The molecule has 34 heteroatoms. The van der Waals surface area contributed by atoms with Crippen LogP contribution in [0.3, 0.4) is 0 Å². The molecule has 7 rings (SSSR count). The van der Waals surface area contributed by atoms with Gasteiger partial charge in [-0.25, -0.2) is 0 Å². The van der Waals surface area contributed by atoms with Crippen LogP contribution in [0, 0.1) is 11.8 Å². The van der Waals surface area contributed by atoms with Crippen molar-refractivity contribution in [2.45, 2.75) is 46.3 Å². The number of carboxylic acids is 2. The lowest BCUT2D eigenvalue weighted by Gasteiger charge is -2.23. The van der Waals surface area contributed by atoms with E-state index < -0.39 is 87.1 Å². The Bertz CT molecular complexity index is 3710. The van der Waals surface area contributed by atoms with Gasteiger partial charge in [0.1, 0.15) is 34.3 Å². The number of aromatic nitrogens is 3. The first kappa shape index (κ1) is 57.9. The second-order valence-electron chi connectivity index (χ2n) is 16.9. The van der Waals surface area contributed by atoms with Crippen LogP contribution in [0.15, 0.2) is 193 Å². The standard InChI is InChI=1S/C45H42N14O16S4/c1-25-19-29(7-15-35(25)55-57-37-17-9-31(21-39(37)78(70,71)72)53-51-27-3-11-33(12-4-27)76(64,65)66)46-43-48-44(50-45(49-43)59(23-41(60)61)24-42(62)63)47-30-8-16-36(26(2)20-30)56-58-38-18-10-32(22-40(38)79(73,74)75)54-52-28-5-13-34(14-6-28)77(67,68)69/h3-18,21-22,25-26H,19-20,23-24H2,1-2H3,(H,60,61)(H,62,63)(H,64,65,66)(H,67,68,69)(H,70,71,72)(H,73,74,75)(H2,46,47,48,49,50)/b53-51-,54-52?,57-55?,58-56?. The van der Waals surface area contributed by atoms with E-state index in [4.69, 9.17) is 0 Å². The molecular weight excluding hydrogens is 1120 g/mol. The number of allylic oxidation sites excluding steroid dienone is 8. The Morgan fingerprint density at radius 1 is 0.494 bits per heavy atom. The zero-order valence-corrected chi connectivity index (χ0v) is 43.9. The zero-order chi connectivity index (χ0) is 57.5. The summed E-state index contributed by atoms with van der Waals surface area (Å²) in [7, 11) is -18.7. The number of carboxylic acid groups (broad SMARTS) is 2. The van der Waals surface area contributed by atoms with E-state index in [9.17, 15) is 71.7 Å². The molecule has 1 heterocycles. The first-order valence-corrected chi connectivity index (χ1v) is 28.2. The van der Waals surface area contributed by atoms with Crippen LogP contribution in [0.5, 0.6) is 0 Å². The number of rotatable bonds is 21. The molecule has 4 aromatic carbocycles. The highest BCUT2D eigenvalue weighted by atomic mass is 32.2. The van der Waals surface area contributed by atoms with E-state index in [-0.39, 0.29) is 74.6 Å². The summed E-state index contributed by atoms with van der Waals surface area (Å²) in [4.78, 5) is 35.6. The van der Waals surface area contributed by atoms with E-state index >= 15 is 0 Å². The number of hydrogen-bond acceptors (Lipinski definition) is 24. The van der Waals surface area contributed by atoms with E-state index in [2.05, 4.69) is 66.5 Å². The van der Waals surface area contributed by atoms with Crippen molar-refractivity contribution in [3.8, 4) is 0 Å². The topological polar surface area (TPSA) is 457 Å². The Hall–Kier alpha value is -8.77. The van der Waals surface area contributed by atoms with Crippen molar-refractivity contribution in [3.05, 3.63) is 132 Å². The molecule has 0 saturated carbocycles. The first-order chi connectivity index (χ1) is 37.1. The Labute approximate surface area is 448 Å². The number of nitrogens with one attached hydrogen (secondary N) is 2. The van der Waals surface area contributed by atoms with E-state index in [1.165, 1.54) is 48.5 Å². The Morgan fingerprint density at radius 3 is 1.18 bits per heavy atom. The summed E-state index contributed by atoms with van der Waals surface area (Å²) in [5, 5.41) is 57.6. The minimum atomic E-state index is -4.88. The number of nitrogens with zero attached hydrogens (tertiary/aromatic N) is 12. The Kier molecular flexibility index (Phi) is 17.5. The van der Waals surface area contributed by atoms with Gasteiger partial charge in [-0.2, -0.15) is 79.3 Å². The molecule has 0 bridgehead atoms. The highest BCUT2D eigenvalue weighted by Gasteiger charge is 2.25. The van der Waals surface area contributed by atoms with Crippen LogP contribution in [0.25, 0.3) is 0 Å². The molecule has 5 aromatic rings. The molecule has 8 N–H and O–H groups in total. The smallest absolute Gasteiger partial charge is 0.323 e. The van der Waals surface area contributed by atoms with Gasteiger partial charge in [-0.3, -0.25) is 27.8 Å². The van der Waals surface area contributed by atoms with E-state index in [0.29, 0.717) is 22.8 Å². The maximum absolute atomic E-state index is 12.4. The third-order valence-corrected chi connectivity index (χ3v) is 14.4. The Morgan fingerprint density at radius 2 is 0.848 bits per heavy atom. The van der Waals surface area contributed by atoms with E-state index in [0.717, 1.165) is 41.3 Å². The number of benzene rings is 4. The number of carbonyl (C=O) groups is 2. The molecule has 2 unspecified atom stereocenters. The maximum atomic E-state index is 12.4. The summed E-state index contributed by atoms with van der Waals surface area (Å²) in [6.45, 7) is 1.91. The second kappa shape index (κ2) is 23.9. The first-order valence-electron chi connectivity index (χ1n) is 22.4. The van der Waals surface area contributed by atoms with Gasteiger partial charge in [0.15, 0.2) is 0 Å². The molecule has 2 aliphatic rings. The van der Waals surface area contributed by atoms with Gasteiger partial charge >= 0.3 is 11.9 Å². The van der Waals surface area contributed by atoms with E-state index in [1.54, 1.807) is 38.2 Å².